The molecule has 0 fully saturated rings. The summed E-state index contributed by atoms with van der Waals surface area (Å²) in [7, 11) is -3.25. The minimum absolute atomic E-state index is 0.0838. The lowest BCUT2D eigenvalue weighted by molar-refractivity contribution is 0.0983. The fourth-order valence-corrected chi connectivity index (χ4v) is 3.95. The number of rotatable bonds is 3. The van der Waals surface area contributed by atoms with Gasteiger partial charge in [-0.05, 0) is 42.8 Å². The Kier molecular flexibility index (Phi) is 4.05. The lowest BCUT2D eigenvalue weighted by Gasteiger charge is -2.28. The second kappa shape index (κ2) is 6.01. The molecule has 4 nitrogen and oxygen atoms in total. The van der Waals surface area contributed by atoms with Gasteiger partial charge < -0.3 is 4.90 Å². The van der Waals surface area contributed by atoms with Crippen molar-refractivity contribution in [3.63, 3.8) is 0 Å². The predicted molar refractivity (Wildman–Crippen MR) is 91.1 cm³/mol. The smallest absolute Gasteiger partial charge is 0.258 e. The third-order valence-electron chi connectivity index (χ3n) is 3.76. The molecule has 0 saturated carbocycles. The van der Waals surface area contributed by atoms with Crippen molar-refractivity contribution in [1.82, 2.24) is 0 Å². The van der Waals surface area contributed by atoms with Crippen LogP contribution in [0.25, 0.3) is 0 Å². The zero-order valence-electron chi connectivity index (χ0n) is 12.7. The topological polar surface area (TPSA) is 54.5 Å². The van der Waals surface area contributed by atoms with E-state index < -0.39 is 15.9 Å². The molecule has 1 aliphatic rings. The summed E-state index contributed by atoms with van der Waals surface area (Å²) in [6, 6.07) is 15.9. The molecule has 23 heavy (non-hydrogen) atoms. The molecule has 2 aromatic rings. The number of nitrogens with zero attached hydrogens (tertiary/aromatic N) is 1. The van der Waals surface area contributed by atoms with E-state index in [4.69, 9.17) is 0 Å². The van der Waals surface area contributed by atoms with Gasteiger partial charge in [-0.15, -0.1) is 0 Å². The van der Waals surface area contributed by atoms with Crippen LogP contribution in [0.1, 0.15) is 15.9 Å². The summed E-state index contributed by atoms with van der Waals surface area (Å²) >= 11 is 0. The Balaban J connectivity index is 2.04. The number of carbonyl (C=O) groups is 1. The lowest BCUT2D eigenvalue weighted by Crippen LogP contribution is -2.41. The van der Waals surface area contributed by atoms with Gasteiger partial charge in [-0.1, -0.05) is 30.3 Å². The van der Waals surface area contributed by atoms with E-state index in [0.717, 1.165) is 5.56 Å². The molecule has 1 amide bonds. The summed E-state index contributed by atoms with van der Waals surface area (Å²) in [5.74, 6) is -0.289. The first-order chi connectivity index (χ1) is 11.0. The highest BCUT2D eigenvalue weighted by Gasteiger charge is 2.31. The second-order valence-corrected chi connectivity index (χ2v) is 7.54. The molecule has 5 heteroatoms. The zero-order valence-corrected chi connectivity index (χ0v) is 13.5. The van der Waals surface area contributed by atoms with Gasteiger partial charge in [0.15, 0.2) is 9.84 Å². The van der Waals surface area contributed by atoms with Crippen LogP contribution in [0.15, 0.2) is 66.1 Å². The van der Waals surface area contributed by atoms with Gasteiger partial charge in [0.1, 0.15) is 0 Å². The quantitative estimate of drug-likeness (QED) is 0.871. The van der Waals surface area contributed by atoms with Crippen molar-refractivity contribution < 1.29 is 13.2 Å². The van der Waals surface area contributed by atoms with Crippen LogP contribution in [0.5, 0.6) is 0 Å². The highest BCUT2D eigenvalue weighted by molar-refractivity contribution is 7.94. The standard InChI is InChI=1S/C18H17NO3S/c1-14-6-5-9-16(12-14)19(17-10-11-23(21,22)13-17)18(20)15-7-3-2-4-8-15/h2-12,17H,13H2,1H3/t17-/m0/s1. The highest BCUT2D eigenvalue weighted by atomic mass is 32.2. The van der Waals surface area contributed by atoms with Gasteiger partial charge in [0.2, 0.25) is 0 Å². The number of carbonyl (C=O) groups excluding carboxylic acids is 1. The van der Waals surface area contributed by atoms with Gasteiger partial charge in [0, 0.05) is 16.7 Å². The average molecular weight is 327 g/mol. The SMILES string of the molecule is Cc1cccc(N(C(=O)c2ccccc2)[C@H]2C=CS(=O)(=O)C2)c1. The number of hydrogen-bond acceptors (Lipinski definition) is 3. The van der Waals surface area contributed by atoms with Crippen LogP contribution in [-0.4, -0.2) is 26.1 Å². The van der Waals surface area contributed by atoms with Gasteiger partial charge in [-0.3, -0.25) is 4.79 Å². The number of sulfone groups is 1. The summed E-state index contributed by atoms with van der Waals surface area (Å²) < 4.78 is 23.6. The minimum atomic E-state index is -3.25. The van der Waals surface area contributed by atoms with Crippen molar-refractivity contribution in [2.45, 2.75) is 13.0 Å². The normalized spacial score (nSPS) is 18.7. The molecule has 1 aliphatic heterocycles. The number of amides is 1. The highest BCUT2D eigenvalue weighted by Crippen LogP contribution is 2.25. The molecular weight excluding hydrogens is 310 g/mol. The van der Waals surface area contributed by atoms with Crippen LogP contribution in [0.4, 0.5) is 5.69 Å². The fraction of sp³-hybridized carbons (Fsp3) is 0.167. The van der Waals surface area contributed by atoms with Crippen LogP contribution in [0.3, 0.4) is 0 Å². The Hall–Kier alpha value is -2.40. The van der Waals surface area contributed by atoms with Gasteiger partial charge in [-0.2, -0.15) is 0 Å². The van der Waals surface area contributed by atoms with Crippen molar-refractivity contribution in [1.29, 1.82) is 0 Å². The van der Waals surface area contributed by atoms with Crippen LogP contribution < -0.4 is 4.90 Å². The Labute approximate surface area is 136 Å². The number of benzene rings is 2. The summed E-state index contributed by atoms with van der Waals surface area (Å²) in [5, 5.41) is 1.19. The molecule has 0 aliphatic carbocycles. The lowest BCUT2D eigenvalue weighted by atomic mass is 10.1. The maximum absolute atomic E-state index is 13.0. The van der Waals surface area contributed by atoms with E-state index in [1.165, 1.54) is 5.41 Å². The Morgan fingerprint density at radius 1 is 1.09 bits per heavy atom. The molecule has 3 rings (SSSR count). The Bertz CT molecular complexity index is 857. The van der Waals surface area contributed by atoms with Gasteiger partial charge in [0.25, 0.3) is 5.91 Å². The average Bonchev–Trinajstić information content (AvgIpc) is 2.88. The van der Waals surface area contributed by atoms with Crippen LogP contribution in [0, 0.1) is 6.92 Å². The first-order valence-electron chi connectivity index (χ1n) is 7.32. The zero-order chi connectivity index (χ0) is 16.4. The van der Waals surface area contributed by atoms with E-state index in [-0.39, 0.29) is 11.7 Å². The Morgan fingerprint density at radius 2 is 1.83 bits per heavy atom. The molecule has 1 atom stereocenters. The first-order valence-corrected chi connectivity index (χ1v) is 9.04. The number of anilines is 1. The molecule has 2 aromatic carbocycles. The summed E-state index contributed by atoms with van der Waals surface area (Å²) in [4.78, 5) is 14.5. The molecule has 0 aromatic heterocycles. The first kappa shape index (κ1) is 15.5. The monoisotopic (exact) mass is 327 g/mol. The molecule has 0 unspecified atom stereocenters. The third kappa shape index (κ3) is 3.35. The van der Waals surface area contributed by atoms with Crippen molar-refractivity contribution in [3.8, 4) is 0 Å². The van der Waals surface area contributed by atoms with E-state index in [9.17, 15) is 13.2 Å². The predicted octanol–water partition coefficient (Wildman–Crippen LogP) is 2.95. The minimum Gasteiger partial charge on any atom is -0.300 e. The maximum atomic E-state index is 13.0. The molecule has 0 saturated heterocycles. The molecule has 0 radical (unpaired) electrons. The van der Waals surface area contributed by atoms with E-state index >= 15 is 0 Å². The van der Waals surface area contributed by atoms with E-state index in [0.29, 0.717) is 11.3 Å². The maximum Gasteiger partial charge on any atom is 0.258 e. The number of hydrogen-bond donors (Lipinski definition) is 0. The van der Waals surface area contributed by atoms with E-state index in [2.05, 4.69) is 0 Å². The van der Waals surface area contributed by atoms with Gasteiger partial charge in [-0.25, -0.2) is 8.42 Å². The van der Waals surface area contributed by atoms with Crippen molar-refractivity contribution in [2.24, 2.45) is 0 Å². The second-order valence-electron chi connectivity index (χ2n) is 5.61. The van der Waals surface area contributed by atoms with Crippen LogP contribution in [0.2, 0.25) is 0 Å². The fourth-order valence-electron chi connectivity index (χ4n) is 2.68. The Morgan fingerprint density at radius 3 is 2.43 bits per heavy atom. The molecular formula is C18H17NO3S. The number of aryl methyl sites for hydroxylation is 1. The largest absolute Gasteiger partial charge is 0.300 e. The molecule has 118 valence electrons. The van der Waals surface area contributed by atoms with E-state index in [1.54, 1.807) is 35.2 Å². The van der Waals surface area contributed by atoms with Gasteiger partial charge in [0.05, 0.1) is 11.8 Å². The molecule has 0 N–H and O–H groups in total. The van der Waals surface area contributed by atoms with E-state index in [1.807, 2.05) is 37.3 Å². The third-order valence-corrected chi connectivity index (χ3v) is 5.14. The van der Waals surface area contributed by atoms with Gasteiger partial charge >= 0.3 is 0 Å². The molecule has 1 heterocycles. The van der Waals surface area contributed by atoms with Crippen LogP contribution in [-0.2, 0) is 9.84 Å². The molecule has 0 spiro atoms. The van der Waals surface area contributed by atoms with Crippen molar-refractivity contribution in [3.05, 3.63) is 77.2 Å². The van der Waals surface area contributed by atoms with Crippen molar-refractivity contribution in [2.75, 3.05) is 10.7 Å². The van der Waals surface area contributed by atoms with Crippen LogP contribution >= 0.6 is 0 Å². The summed E-state index contributed by atoms with van der Waals surface area (Å²) in [6.07, 6.45) is 1.58. The summed E-state index contributed by atoms with van der Waals surface area (Å²) in [6.45, 7) is 1.94. The molecule has 0 bridgehead atoms. The van der Waals surface area contributed by atoms with Crippen molar-refractivity contribution >= 4 is 21.4 Å². The summed E-state index contributed by atoms with van der Waals surface area (Å²) in [5.41, 5.74) is 2.25.